The molecule has 2 heterocycles. The van der Waals surface area contributed by atoms with Gasteiger partial charge in [0.05, 0.1) is 24.2 Å². The lowest BCUT2D eigenvalue weighted by Crippen LogP contribution is -2.40. The van der Waals surface area contributed by atoms with Gasteiger partial charge in [0.1, 0.15) is 0 Å². The maximum atomic E-state index is 11.3. The van der Waals surface area contributed by atoms with Gasteiger partial charge in [0.15, 0.2) is 0 Å². The van der Waals surface area contributed by atoms with Gasteiger partial charge in [0, 0.05) is 5.92 Å². The van der Waals surface area contributed by atoms with Crippen LogP contribution in [0.15, 0.2) is 0 Å². The Morgan fingerprint density at radius 3 is 3.08 bits per heavy atom. The molecule has 0 aromatic rings. The lowest BCUT2D eigenvalue weighted by molar-refractivity contribution is -0.162. The summed E-state index contributed by atoms with van der Waals surface area (Å²) in [4.78, 5) is 11.3. The fraction of sp³-hybridized carbons (Fsp3) is 0.900. The number of hydrogen-bond acceptors (Lipinski definition) is 3. The van der Waals surface area contributed by atoms with Gasteiger partial charge < -0.3 is 9.47 Å². The second kappa shape index (κ2) is 2.08. The minimum Gasteiger partial charge on any atom is -0.465 e. The number of hydrogen-bond donors (Lipinski definition) is 0. The molecule has 0 unspecified atom stereocenters. The largest absolute Gasteiger partial charge is 0.465 e. The van der Waals surface area contributed by atoms with E-state index >= 15 is 0 Å². The van der Waals surface area contributed by atoms with Crippen molar-refractivity contribution >= 4 is 5.97 Å². The summed E-state index contributed by atoms with van der Waals surface area (Å²) in [6, 6.07) is 0. The second-order valence-corrected chi connectivity index (χ2v) is 4.72. The quantitative estimate of drug-likeness (QED) is 0.414. The molecule has 0 aromatic carbocycles. The van der Waals surface area contributed by atoms with Crippen molar-refractivity contribution in [3.05, 3.63) is 0 Å². The van der Waals surface area contributed by atoms with Crippen LogP contribution >= 0.6 is 0 Å². The molecule has 0 amide bonds. The van der Waals surface area contributed by atoms with E-state index in [1.165, 1.54) is 0 Å². The molecule has 2 aliphatic heterocycles. The number of ether oxygens (including phenoxy) is 2. The zero-order valence-corrected chi connectivity index (χ0v) is 7.95. The average molecular weight is 182 g/mol. The van der Waals surface area contributed by atoms with E-state index in [0.29, 0.717) is 24.5 Å². The molecule has 2 saturated heterocycles. The number of epoxide rings is 1. The molecular formula is C10H14O3. The monoisotopic (exact) mass is 182 g/mol. The first-order valence-electron chi connectivity index (χ1n) is 4.97. The minimum absolute atomic E-state index is 0.0221. The van der Waals surface area contributed by atoms with Crippen LogP contribution in [-0.2, 0) is 14.3 Å². The van der Waals surface area contributed by atoms with Gasteiger partial charge in [-0.15, -0.1) is 0 Å². The summed E-state index contributed by atoms with van der Waals surface area (Å²) in [6.45, 7) is 4.70. The van der Waals surface area contributed by atoms with Crippen molar-refractivity contribution in [1.29, 1.82) is 0 Å². The van der Waals surface area contributed by atoms with E-state index < -0.39 is 0 Å². The first-order chi connectivity index (χ1) is 6.13. The summed E-state index contributed by atoms with van der Waals surface area (Å²) >= 11 is 0. The standard InChI is InChI=1S/C10H14O3/c1-5-6-3-8-10(2,13-8)7(6)4-12-9(5)11/h5-8H,3-4H2,1-2H3/t5-,6-,7+,8+,10-/m1/s1. The van der Waals surface area contributed by atoms with Crippen LogP contribution < -0.4 is 0 Å². The van der Waals surface area contributed by atoms with E-state index in [1.54, 1.807) is 0 Å². The predicted molar refractivity (Wildman–Crippen MR) is 45.0 cm³/mol. The number of rotatable bonds is 0. The average Bonchev–Trinajstić information content (AvgIpc) is 2.65. The fourth-order valence-electron chi connectivity index (χ4n) is 3.04. The lowest BCUT2D eigenvalue weighted by Gasteiger charge is -2.33. The highest BCUT2D eigenvalue weighted by Gasteiger charge is 2.68. The van der Waals surface area contributed by atoms with Crippen molar-refractivity contribution in [2.75, 3.05) is 6.61 Å². The fourth-order valence-corrected chi connectivity index (χ4v) is 3.04. The van der Waals surface area contributed by atoms with Gasteiger partial charge in [-0.25, -0.2) is 0 Å². The van der Waals surface area contributed by atoms with Gasteiger partial charge in [-0.3, -0.25) is 4.79 Å². The molecule has 1 saturated carbocycles. The first kappa shape index (κ1) is 7.80. The van der Waals surface area contributed by atoms with Crippen LogP contribution in [0.5, 0.6) is 0 Å². The van der Waals surface area contributed by atoms with Crippen LogP contribution in [0.1, 0.15) is 20.3 Å². The van der Waals surface area contributed by atoms with Crippen molar-refractivity contribution < 1.29 is 14.3 Å². The van der Waals surface area contributed by atoms with Gasteiger partial charge in [-0.2, -0.15) is 0 Å². The van der Waals surface area contributed by atoms with Crippen molar-refractivity contribution in [2.24, 2.45) is 17.8 Å². The van der Waals surface area contributed by atoms with Gasteiger partial charge in [-0.1, -0.05) is 6.92 Å². The Morgan fingerprint density at radius 2 is 2.31 bits per heavy atom. The Kier molecular flexibility index (Phi) is 1.25. The molecule has 3 fully saturated rings. The number of fused-ring (bicyclic) bond motifs is 3. The molecule has 0 spiro atoms. The molecule has 0 aromatic heterocycles. The molecular weight excluding hydrogens is 168 g/mol. The molecule has 3 heteroatoms. The maximum Gasteiger partial charge on any atom is 0.308 e. The topological polar surface area (TPSA) is 38.8 Å². The Morgan fingerprint density at radius 1 is 1.54 bits per heavy atom. The van der Waals surface area contributed by atoms with Crippen LogP contribution in [0.25, 0.3) is 0 Å². The first-order valence-corrected chi connectivity index (χ1v) is 4.97. The molecule has 3 aliphatic rings. The van der Waals surface area contributed by atoms with E-state index in [4.69, 9.17) is 9.47 Å². The molecule has 3 rings (SSSR count). The Bertz CT molecular complexity index is 275. The van der Waals surface area contributed by atoms with E-state index in [2.05, 4.69) is 6.92 Å². The van der Waals surface area contributed by atoms with E-state index in [-0.39, 0.29) is 17.5 Å². The van der Waals surface area contributed by atoms with Gasteiger partial charge >= 0.3 is 5.97 Å². The molecule has 0 N–H and O–H groups in total. The lowest BCUT2D eigenvalue weighted by atomic mass is 9.80. The number of carbonyl (C=O) groups excluding carboxylic acids is 1. The van der Waals surface area contributed by atoms with Crippen LogP contribution in [0.4, 0.5) is 0 Å². The van der Waals surface area contributed by atoms with Crippen LogP contribution in [0.2, 0.25) is 0 Å². The molecule has 5 atom stereocenters. The van der Waals surface area contributed by atoms with E-state index in [1.807, 2.05) is 6.92 Å². The predicted octanol–water partition coefficient (Wildman–Crippen LogP) is 0.973. The van der Waals surface area contributed by atoms with Crippen molar-refractivity contribution in [1.82, 2.24) is 0 Å². The molecule has 1 aliphatic carbocycles. The Labute approximate surface area is 77.4 Å². The minimum atomic E-state index is -0.0221. The molecule has 13 heavy (non-hydrogen) atoms. The summed E-state index contributed by atoms with van der Waals surface area (Å²) in [5, 5.41) is 0. The van der Waals surface area contributed by atoms with Crippen molar-refractivity contribution in [2.45, 2.75) is 32.0 Å². The summed E-state index contributed by atoms with van der Waals surface area (Å²) in [5.41, 5.74) is 0.0413. The summed E-state index contributed by atoms with van der Waals surface area (Å²) in [5.74, 6) is 1.01. The summed E-state index contributed by atoms with van der Waals surface area (Å²) < 4.78 is 10.7. The molecule has 72 valence electrons. The van der Waals surface area contributed by atoms with Gasteiger partial charge in [-0.05, 0) is 19.3 Å². The smallest absolute Gasteiger partial charge is 0.308 e. The normalized spacial score (nSPS) is 58.2. The van der Waals surface area contributed by atoms with E-state index in [0.717, 1.165) is 6.42 Å². The molecule has 3 nitrogen and oxygen atoms in total. The maximum absolute atomic E-state index is 11.3. The summed E-state index contributed by atoms with van der Waals surface area (Å²) in [6.07, 6.45) is 1.46. The third kappa shape index (κ3) is 0.810. The zero-order valence-electron chi connectivity index (χ0n) is 7.95. The highest BCUT2D eigenvalue weighted by molar-refractivity contribution is 5.73. The van der Waals surface area contributed by atoms with Crippen molar-refractivity contribution in [3.8, 4) is 0 Å². The van der Waals surface area contributed by atoms with Gasteiger partial charge in [0.2, 0.25) is 0 Å². The van der Waals surface area contributed by atoms with Gasteiger partial charge in [0.25, 0.3) is 0 Å². The van der Waals surface area contributed by atoms with Crippen molar-refractivity contribution in [3.63, 3.8) is 0 Å². The highest BCUT2D eigenvalue weighted by Crippen LogP contribution is 2.59. The third-order valence-electron chi connectivity index (χ3n) is 4.14. The third-order valence-corrected chi connectivity index (χ3v) is 4.14. The number of carbonyl (C=O) groups is 1. The Balaban J connectivity index is 1.89. The molecule has 0 bridgehead atoms. The SMILES string of the molecule is C[C@H]1C(=O)OC[C@H]2[C@@H]1C[C@@H]1O[C@@]12C. The zero-order chi connectivity index (χ0) is 9.22. The van der Waals surface area contributed by atoms with Crippen LogP contribution in [0, 0.1) is 17.8 Å². The number of cyclic esters (lactones) is 1. The van der Waals surface area contributed by atoms with Crippen LogP contribution in [0.3, 0.4) is 0 Å². The number of esters is 1. The summed E-state index contributed by atoms with van der Waals surface area (Å²) in [7, 11) is 0. The highest BCUT2D eigenvalue weighted by atomic mass is 16.6. The second-order valence-electron chi connectivity index (χ2n) is 4.72. The van der Waals surface area contributed by atoms with E-state index in [9.17, 15) is 4.79 Å². The van der Waals surface area contributed by atoms with Crippen LogP contribution in [-0.4, -0.2) is 24.3 Å². The molecule has 0 radical (unpaired) electrons. The Hall–Kier alpha value is -0.570.